The van der Waals surface area contributed by atoms with Gasteiger partial charge in [-0.15, -0.1) is 0 Å². The second-order valence-corrected chi connectivity index (χ2v) is 3.56. The lowest BCUT2D eigenvalue weighted by atomic mass is 9.96. The number of Topliss-reactive ketones (excluding diaryl/α,β-unsaturated/α-hetero) is 1. The Morgan fingerprint density at radius 1 is 1.38 bits per heavy atom. The number of carbonyl (C=O) groups excluding carboxylic acids is 1. The summed E-state index contributed by atoms with van der Waals surface area (Å²) < 4.78 is 5.05. The monoisotopic (exact) mass is 222 g/mol. The zero-order valence-electron chi connectivity index (χ0n) is 9.27. The second-order valence-electron chi connectivity index (χ2n) is 3.56. The summed E-state index contributed by atoms with van der Waals surface area (Å²) in [6, 6.07) is 6.81. The molecule has 0 aliphatic rings. The van der Waals surface area contributed by atoms with Crippen molar-refractivity contribution in [2.24, 2.45) is 5.92 Å². The Morgan fingerprint density at radius 2 is 2.00 bits per heavy atom. The number of hydrogen-bond acceptors (Lipinski definition) is 3. The molecule has 0 amide bonds. The Labute approximate surface area is 93.9 Å². The van der Waals surface area contributed by atoms with Crippen LogP contribution in [0.2, 0.25) is 0 Å². The average molecular weight is 222 g/mol. The van der Waals surface area contributed by atoms with Crippen LogP contribution < -0.4 is 4.74 Å². The van der Waals surface area contributed by atoms with Gasteiger partial charge >= 0.3 is 5.97 Å². The molecule has 0 fully saturated rings. The van der Waals surface area contributed by atoms with Crippen LogP contribution in [0.5, 0.6) is 5.75 Å². The maximum atomic E-state index is 11.9. The van der Waals surface area contributed by atoms with E-state index in [2.05, 4.69) is 0 Å². The van der Waals surface area contributed by atoms with Gasteiger partial charge in [-0.1, -0.05) is 19.1 Å². The first kappa shape index (κ1) is 12.2. The standard InChI is InChI=1S/C12H14O4/c1-8(7-11(13)14)12(15)9-5-3-4-6-10(9)16-2/h3-6,8H,7H2,1-2H3,(H,13,14). The van der Waals surface area contributed by atoms with Crippen molar-refractivity contribution in [2.45, 2.75) is 13.3 Å². The molecule has 1 atom stereocenters. The normalized spacial score (nSPS) is 11.9. The second kappa shape index (κ2) is 5.30. The SMILES string of the molecule is COc1ccccc1C(=O)C(C)CC(=O)O. The molecule has 4 heteroatoms. The number of aliphatic carboxylic acids is 1. The molecule has 1 aromatic rings. The van der Waals surface area contributed by atoms with Crippen molar-refractivity contribution in [3.05, 3.63) is 29.8 Å². The number of benzene rings is 1. The van der Waals surface area contributed by atoms with E-state index in [1.807, 2.05) is 0 Å². The zero-order chi connectivity index (χ0) is 12.1. The molecule has 16 heavy (non-hydrogen) atoms. The van der Waals surface area contributed by atoms with Crippen molar-refractivity contribution in [2.75, 3.05) is 7.11 Å². The number of ether oxygens (including phenoxy) is 1. The summed E-state index contributed by atoms with van der Waals surface area (Å²) in [6.07, 6.45) is -0.170. The minimum atomic E-state index is -0.976. The van der Waals surface area contributed by atoms with Crippen molar-refractivity contribution in [3.63, 3.8) is 0 Å². The number of para-hydroxylation sites is 1. The van der Waals surface area contributed by atoms with E-state index < -0.39 is 11.9 Å². The molecule has 0 saturated heterocycles. The lowest BCUT2D eigenvalue weighted by Crippen LogP contribution is -2.16. The highest BCUT2D eigenvalue weighted by Crippen LogP contribution is 2.22. The van der Waals surface area contributed by atoms with Gasteiger partial charge in [0.25, 0.3) is 0 Å². The molecule has 0 heterocycles. The first-order valence-electron chi connectivity index (χ1n) is 4.95. The summed E-state index contributed by atoms with van der Waals surface area (Å²) in [4.78, 5) is 22.4. The summed E-state index contributed by atoms with van der Waals surface area (Å²) in [5.74, 6) is -1.26. The first-order chi connectivity index (χ1) is 7.56. The first-order valence-corrected chi connectivity index (χ1v) is 4.95. The van der Waals surface area contributed by atoms with E-state index in [0.717, 1.165) is 0 Å². The third-order valence-electron chi connectivity index (χ3n) is 2.30. The van der Waals surface area contributed by atoms with Gasteiger partial charge in [-0.3, -0.25) is 9.59 Å². The summed E-state index contributed by atoms with van der Waals surface area (Å²) in [5, 5.41) is 8.62. The van der Waals surface area contributed by atoms with E-state index in [-0.39, 0.29) is 12.2 Å². The number of rotatable bonds is 5. The number of methoxy groups -OCH3 is 1. The minimum Gasteiger partial charge on any atom is -0.496 e. The molecule has 0 spiro atoms. The van der Waals surface area contributed by atoms with Gasteiger partial charge in [0.2, 0.25) is 0 Å². The van der Waals surface area contributed by atoms with Crippen LogP contribution in [0.3, 0.4) is 0 Å². The predicted molar refractivity (Wildman–Crippen MR) is 58.7 cm³/mol. The molecular weight excluding hydrogens is 208 g/mol. The van der Waals surface area contributed by atoms with Crippen molar-refractivity contribution in [3.8, 4) is 5.75 Å². The number of ketones is 1. The van der Waals surface area contributed by atoms with Gasteiger partial charge in [-0.2, -0.15) is 0 Å². The average Bonchev–Trinajstić information content (AvgIpc) is 2.27. The molecule has 0 saturated carbocycles. The van der Waals surface area contributed by atoms with Crippen LogP contribution in [-0.2, 0) is 4.79 Å². The van der Waals surface area contributed by atoms with E-state index in [1.54, 1.807) is 31.2 Å². The van der Waals surface area contributed by atoms with Crippen LogP contribution in [0.1, 0.15) is 23.7 Å². The third kappa shape index (κ3) is 2.82. The Hall–Kier alpha value is -1.84. The molecule has 0 radical (unpaired) electrons. The van der Waals surface area contributed by atoms with Crippen LogP contribution in [0, 0.1) is 5.92 Å². The van der Waals surface area contributed by atoms with Crippen LogP contribution in [0.4, 0.5) is 0 Å². The van der Waals surface area contributed by atoms with Gasteiger partial charge in [0.1, 0.15) is 5.75 Å². The van der Waals surface area contributed by atoms with Crippen LogP contribution >= 0.6 is 0 Å². The molecule has 1 aromatic carbocycles. The van der Waals surface area contributed by atoms with Gasteiger partial charge in [-0.25, -0.2) is 0 Å². The number of carboxylic acids is 1. The van der Waals surface area contributed by atoms with Gasteiger partial charge in [0, 0.05) is 5.92 Å². The summed E-state index contributed by atoms with van der Waals surface area (Å²) in [7, 11) is 1.48. The Kier molecular flexibility index (Phi) is 4.05. The van der Waals surface area contributed by atoms with Crippen LogP contribution in [0.15, 0.2) is 24.3 Å². The smallest absolute Gasteiger partial charge is 0.304 e. The van der Waals surface area contributed by atoms with Gasteiger partial charge in [-0.05, 0) is 12.1 Å². The Bertz CT molecular complexity index is 398. The highest BCUT2D eigenvalue weighted by atomic mass is 16.5. The van der Waals surface area contributed by atoms with E-state index in [0.29, 0.717) is 11.3 Å². The largest absolute Gasteiger partial charge is 0.496 e. The third-order valence-corrected chi connectivity index (χ3v) is 2.30. The van der Waals surface area contributed by atoms with E-state index in [1.165, 1.54) is 7.11 Å². The van der Waals surface area contributed by atoms with Crippen molar-refractivity contribution in [1.82, 2.24) is 0 Å². The molecule has 1 rings (SSSR count). The van der Waals surface area contributed by atoms with Gasteiger partial charge in [0.15, 0.2) is 5.78 Å². The van der Waals surface area contributed by atoms with Gasteiger partial charge in [0.05, 0.1) is 19.1 Å². The van der Waals surface area contributed by atoms with Crippen molar-refractivity contribution in [1.29, 1.82) is 0 Å². The molecule has 1 N–H and O–H groups in total. The number of hydrogen-bond donors (Lipinski definition) is 1. The minimum absolute atomic E-state index is 0.170. The Balaban J connectivity index is 2.91. The topological polar surface area (TPSA) is 63.6 Å². The summed E-state index contributed by atoms with van der Waals surface area (Å²) >= 11 is 0. The highest BCUT2D eigenvalue weighted by Gasteiger charge is 2.20. The molecule has 0 aliphatic carbocycles. The van der Waals surface area contributed by atoms with E-state index in [4.69, 9.17) is 9.84 Å². The van der Waals surface area contributed by atoms with Crippen LogP contribution in [-0.4, -0.2) is 24.0 Å². The molecule has 4 nitrogen and oxygen atoms in total. The van der Waals surface area contributed by atoms with Crippen LogP contribution in [0.25, 0.3) is 0 Å². The van der Waals surface area contributed by atoms with Crippen molar-refractivity contribution < 1.29 is 19.4 Å². The lowest BCUT2D eigenvalue weighted by molar-refractivity contribution is -0.137. The van der Waals surface area contributed by atoms with E-state index >= 15 is 0 Å². The molecule has 0 aromatic heterocycles. The predicted octanol–water partition coefficient (Wildman–Crippen LogP) is 1.99. The molecule has 1 unspecified atom stereocenters. The lowest BCUT2D eigenvalue weighted by Gasteiger charge is -2.11. The number of carboxylic acid groups (broad SMARTS) is 1. The Morgan fingerprint density at radius 3 is 2.56 bits per heavy atom. The highest BCUT2D eigenvalue weighted by molar-refractivity contribution is 6.01. The maximum Gasteiger partial charge on any atom is 0.304 e. The fourth-order valence-corrected chi connectivity index (χ4v) is 1.47. The quantitative estimate of drug-likeness (QED) is 0.774. The van der Waals surface area contributed by atoms with Gasteiger partial charge < -0.3 is 9.84 Å². The van der Waals surface area contributed by atoms with Crippen molar-refractivity contribution >= 4 is 11.8 Å². The molecule has 86 valence electrons. The fourth-order valence-electron chi connectivity index (χ4n) is 1.47. The molecule has 0 aliphatic heterocycles. The fraction of sp³-hybridized carbons (Fsp3) is 0.333. The summed E-state index contributed by atoms with van der Waals surface area (Å²) in [6.45, 7) is 1.60. The molecule has 0 bridgehead atoms. The molecular formula is C12H14O4. The summed E-state index contributed by atoms with van der Waals surface area (Å²) in [5.41, 5.74) is 0.429. The van der Waals surface area contributed by atoms with E-state index in [9.17, 15) is 9.59 Å². The maximum absolute atomic E-state index is 11.9. The zero-order valence-corrected chi connectivity index (χ0v) is 9.27. The number of carbonyl (C=O) groups is 2.